The van der Waals surface area contributed by atoms with Gasteiger partial charge < -0.3 is 9.80 Å². The minimum Gasteiger partial charge on any atom is -0.341 e. The number of alkyl halides is 3. The van der Waals surface area contributed by atoms with Gasteiger partial charge in [0.2, 0.25) is 11.8 Å². The second kappa shape index (κ2) is 7.50. The fraction of sp³-hybridized carbons (Fsp3) is 0.556. The quantitative estimate of drug-likeness (QED) is 0.751. The SMILES string of the molecule is CCN(CCN1C(=O)CS[C@H]1c1ccc(C(F)(F)F)cc1)C(=O)C1CC1. The Labute approximate surface area is 154 Å². The summed E-state index contributed by atoms with van der Waals surface area (Å²) in [5, 5.41) is -0.306. The van der Waals surface area contributed by atoms with E-state index in [4.69, 9.17) is 0 Å². The molecule has 0 spiro atoms. The van der Waals surface area contributed by atoms with E-state index in [0.717, 1.165) is 25.0 Å². The lowest BCUT2D eigenvalue weighted by molar-refractivity contribution is -0.137. The van der Waals surface area contributed by atoms with Crippen molar-refractivity contribution >= 4 is 23.6 Å². The van der Waals surface area contributed by atoms with Crippen molar-refractivity contribution in [3.05, 3.63) is 35.4 Å². The minimum atomic E-state index is -4.37. The molecule has 1 saturated heterocycles. The number of likely N-dealkylation sites (N-methyl/N-ethyl adjacent to an activating group) is 1. The van der Waals surface area contributed by atoms with E-state index in [1.165, 1.54) is 23.9 Å². The zero-order chi connectivity index (χ0) is 18.9. The van der Waals surface area contributed by atoms with Crippen molar-refractivity contribution in [1.82, 2.24) is 9.80 Å². The maximum atomic E-state index is 12.7. The van der Waals surface area contributed by atoms with Gasteiger partial charge in [-0.3, -0.25) is 9.59 Å². The van der Waals surface area contributed by atoms with Crippen LogP contribution in [0.4, 0.5) is 13.2 Å². The molecule has 0 bridgehead atoms. The van der Waals surface area contributed by atoms with Crippen LogP contribution in [-0.4, -0.2) is 47.0 Å². The number of carbonyl (C=O) groups is 2. The van der Waals surface area contributed by atoms with Crippen molar-refractivity contribution in [3.63, 3.8) is 0 Å². The topological polar surface area (TPSA) is 40.6 Å². The zero-order valence-electron chi connectivity index (χ0n) is 14.5. The summed E-state index contributed by atoms with van der Waals surface area (Å²) in [6, 6.07) is 4.95. The average molecular weight is 386 g/mol. The van der Waals surface area contributed by atoms with Gasteiger partial charge in [0.25, 0.3) is 0 Å². The summed E-state index contributed by atoms with van der Waals surface area (Å²) in [7, 11) is 0. The number of halogens is 3. The van der Waals surface area contributed by atoms with Crippen molar-refractivity contribution in [2.45, 2.75) is 31.3 Å². The molecule has 1 aliphatic carbocycles. The summed E-state index contributed by atoms with van der Waals surface area (Å²) >= 11 is 1.40. The molecule has 1 saturated carbocycles. The molecule has 1 heterocycles. The summed E-state index contributed by atoms with van der Waals surface area (Å²) in [4.78, 5) is 27.9. The Hall–Kier alpha value is -1.70. The molecule has 1 aromatic rings. The Morgan fingerprint density at radius 3 is 2.46 bits per heavy atom. The third-order valence-corrected chi connectivity index (χ3v) is 5.98. The van der Waals surface area contributed by atoms with Gasteiger partial charge >= 0.3 is 6.18 Å². The van der Waals surface area contributed by atoms with Gasteiger partial charge in [0.1, 0.15) is 5.37 Å². The smallest absolute Gasteiger partial charge is 0.341 e. The molecule has 142 valence electrons. The van der Waals surface area contributed by atoms with Gasteiger partial charge in [0.15, 0.2) is 0 Å². The lowest BCUT2D eigenvalue weighted by atomic mass is 10.1. The van der Waals surface area contributed by atoms with E-state index in [1.54, 1.807) is 9.80 Å². The summed E-state index contributed by atoms with van der Waals surface area (Å²) < 4.78 is 38.2. The second-order valence-corrected chi connectivity index (χ2v) is 7.63. The van der Waals surface area contributed by atoms with Crippen LogP contribution in [0.3, 0.4) is 0 Å². The summed E-state index contributed by atoms with van der Waals surface area (Å²) in [5.41, 5.74) is -0.0280. The van der Waals surface area contributed by atoms with Crippen LogP contribution in [0, 0.1) is 5.92 Å². The first-order valence-corrected chi connectivity index (χ1v) is 9.73. The van der Waals surface area contributed by atoms with Gasteiger partial charge in [-0.25, -0.2) is 0 Å². The molecule has 26 heavy (non-hydrogen) atoms. The standard InChI is InChI=1S/C18H21F3N2O2S/c1-2-22(16(25)12-3-4-12)9-10-23-15(24)11-26-17(23)13-5-7-14(8-6-13)18(19,20)21/h5-8,12,17H,2-4,9-11H2,1H3/t17-/m0/s1. The largest absolute Gasteiger partial charge is 0.416 e. The summed E-state index contributed by atoms with van der Waals surface area (Å²) in [5.74, 6) is 0.519. The van der Waals surface area contributed by atoms with Crippen LogP contribution in [0.25, 0.3) is 0 Å². The molecular weight excluding hydrogens is 365 g/mol. The Bertz CT molecular complexity index is 674. The minimum absolute atomic E-state index is 0.0465. The first-order chi connectivity index (χ1) is 12.3. The molecule has 8 heteroatoms. The Balaban J connectivity index is 1.67. The van der Waals surface area contributed by atoms with E-state index in [0.29, 0.717) is 31.0 Å². The fourth-order valence-corrected chi connectivity index (χ4v) is 4.27. The van der Waals surface area contributed by atoms with Crippen LogP contribution in [0.1, 0.15) is 36.3 Å². The highest BCUT2D eigenvalue weighted by atomic mass is 32.2. The number of carbonyl (C=O) groups excluding carboxylic acids is 2. The molecule has 2 aliphatic rings. The van der Waals surface area contributed by atoms with Gasteiger partial charge in [-0.1, -0.05) is 12.1 Å². The molecule has 2 amide bonds. The van der Waals surface area contributed by atoms with E-state index in [1.807, 2.05) is 6.92 Å². The Kier molecular flexibility index (Phi) is 5.50. The van der Waals surface area contributed by atoms with Crippen LogP contribution in [-0.2, 0) is 15.8 Å². The third-order valence-electron chi connectivity index (χ3n) is 4.72. The molecular formula is C18H21F3N2O2S. The molecule has 0 radical (unpaired) electrons. The highest BCUT2D eigenvalue weighted by molar-refractivity contribution is 8.00. The molecule has 1 aliphatic heterocycles. The maximum absolute atomic E-state index is 12.7. The number of nitrogens with zero attached hydrogens (tertiary/aromatic N) is 2. The molecule has 0 aromatic heterocycles. The van der Waals surface area contributed by atoms with E-state index in [9.17, 15) is 22.8 Å². The lowest BCUT2D eigenvalue weighted by Crippen LogP contribution is -2.40. The van der Waals surface area contributed by atoms with Crippen molar-refractivity contribution < 1.29 is 22.8 Å². The van der Waals surface area contributed by atoms with E-state index in [-0.39, 0.29) is 23.1 Å². The lowest BCUT2D eigenvalue weighted by Gasteiger charge is -2.28. The van der Waals surface area contributed by atoms with E-state index in [2.05, 4.69) is 0 Å². The van der Waals surface area contributed by atoms with Crippen molar-refractivity contribution in [1.29, 1.82) is 0 Å². The fourth-order valence-electron chi connectivity index (χ4n) is 3.05. The average Bonchev–Trinajstić information content (AvgIpc) is 3.39. The zero-order valence-corrected chi connectivity index (χ0v) is 15.3. The first kappa shape index (κ1) is 19.1. The third kappa shape index (κ3) is 4.16. The van der Waals surface area contributed by atoms with Crippen molar-refractivity contribution in [2.24, 2.45) is 5.92 Å². The highest BCUT2D eigenvalue weighted by Crippen LogP contribution is 2.39. The molecule has 0 unspecified atom stereocenters. The predicted molar refractivity (Wildman–Crippen MR) is 93.3 cm³/mol. The molecule has 0 N–H and O–H groups in total. The van der Waals surface area contributed by atoms with Gasteiger partial charge in [-0.15, -0.1) is 11.8 Å². The van der Waals surface area contributed by atoms with Crippen LogP contribution in [0.5, 0.6) is 0 Å². The molecule has 4 nitrogen and oxygen atoms in total. The van der Waals surface area contributed by atoms with Crippen molar-refractivity contribution in [2.75, 3.05) is 25.4 Å². The monoisotopic (exact) mass is 386 g/mol. The number of hydrogen-bond donors (Lipinski definition) is 0. The molecule has 3 rings (SSSR count). The maximum Gasteiger partial charge on any atom is 0.416 e. The molecule has 1 atom stereocenters. The van der Waals surface area contributed by atoms with Gasteiger partial charge in [-0.2, -0.15) is 13.2 Å². The van der Waals surface area contributed by atoms with Crippen LogP contribution < -0.4 is 0 Å². The Morgan fingerprint density at radius 2 is 1.92 bits per heavy atom. The number of rotatable bonds is 6. The van der Waals surface area contributed by atoms with Crippen LogP contribution in [0.15, 0.2) is 24.3 Å². The number of benzene rings is 1. The normalized spacial score (nSPS) is 20.5. The summed E-state index contributed by atoms with van der Waals surface area (Å²) in [6.07, 6.45) is -2.51. The van der Waals surface area contributed by atoms with Crippen LogP contribution >= 0.6 is 11.8 Å². The number of hydrogen-bond acceptors (Lipinski definition) is 3. The molecule has 1 aromatic carbocycles. The number of thioether (sulfide) groups is 1. The highest BCUT2D eigenvalue weighted by Gasteiger charge is 2.36. The molecule has 2 fully saturated rings. The van der Waals surface area contributed by atoms with Gasteiger partial charge in [-0.05, 0) is 37.5 Å². The van der Waals surface area contributed by atoms with Crippen molar-refractivity contribution in [3.8, 4) is 0 Å². The summed E-state index contributed by atoms with van der Waals surface area (Å²) in [6.45, 7) is 3.35. The van der Waals surface area contributed by atoms with Gasteiger partial charge in [0, 0.05) is 25.6 Å². The predicted octanol–water partition coefficient (Wildman–Crippen LogP) is 3.54. The van der Waals surface area contributed by atoms with Gasteiger partial charge in [0.05, 0.1) is 11.3 Å². The first-order valence-electron chi connectivity index (χ1n) is 8.68. The number of amides is 2. The van der Waals surface area contributed by atoms with E-state index >= 15 is 0 Å². The van der Waals surface area contributed by atoms with E-state index < -0.39 is 11.7 Å². The second-order valence-electron chi connectivity index (χ2n) is 6.56. The Morgan fingerprint density at radius 1 is 1.27 bits per heavy atom. The van der Waals surface area contributed by atoms with Crippen LogP contribution in [0.2, 0.25) is 0 Å².